The van der Waals surface area contributed by atoms with Gasteiger partial charge < -0.3 is 10.2 Å². The van der Waals surface area contributed by atoms with Crippen molar-refractivity contribution in [3.8, 4) is 0 Å². The second-order valence-electron chi connectivity index (χ2n) is 5.31. The van der Waals surface area contributed by atoms with Gasteiger partial charge in [-0.2, -0.15) is 0 Å². The number of hydrogen-bond acceptors (Lipinski definition) is 2. The molecule has 1 aromatic rings. The van der Waals surface area contributed by atoms with Crippen molar-refractivity contribution in [3.63, 3.8) is 0 Å². The highest BCUT2D eigenvalue weighted by Gasteiger charge is 2.21. The van der Waals surface area contributed by atoms with Crippen LogP contribution in [0.2, 0.25) is 0 Å². The Balaban J connectivity index is 2.04. The first kappa shape index (κ1) is 14.1. The van der Waals surface area contributed by atoms with Crippen LogP contribution in [0.3, 0.4) is 0 Å². The summed E-state index contributed by atoms with van der Waals surface area (Å²) < 4.78 is 0. The second kappa shape index (κ2) is 6.71. The molecular formula is C16H24N2O. The van der Waals surface area contributed by atoms with Gasteiger partial charge in [0.15, 0.2) is 0 Å². The molecule has 0 aromatic heterocycles. The van der Waals surface area contributed by atoms with Crippen LogP contribution in [0.1, 0.15) is 42.1 Å². The number of aryl methyl sites for hydroxylation is 1. The van der Waals surface area contributed by atoms with E-state index in [0.29, 0.717) is 6.04 Å². The molecule has 2 rings (SSSR count). The molecule has 1 aliphatic heterocycles. The van der Waals surface area contributed by atoms with Gasteiger partial charge in [-0.3, -0.25) is 4.79 Å². The SMILES string of the molecule is CCN(CC1CCCCN1)C(=O)c1ccccc1C. The molecular weight excluding hydrogens is 236 g/mol. The number of carbonyl (C=O) groups excluding carboxylic acids is 1. The fourth-order valence-electron chi connectivity index (χ4n) is 2.68. The van der Waals surface area contributed by atoms with E-state index in [1.165, 1.54) is 19.3 Å². The lowest BCUT2D eigenvalue weighted by Crippen LogP contribution is -2.45. The number of nitrogens with one attached hydrogen (secondary N) is 1. The zero-order chi connectivity index (χ0) is 13.7. The van der Waals surface area contributed by atoms with E-state index < -0.39 is 0 Å². The van der Waals surface area contributed by atoms with Crippen molar-refractivity contribution < 1.29 is 4.79 Å². The van der Waals surface area contributed by atoms with E-state index in [1.54, 1.807) is 0 Å². The normalized spacial score (nSPS) is 19.2. The number of piperidine rings is 1. The molecule has 0 radical (unpaired) electrons. The molecule has 1 N–H and O–H groups in total. The van der Waals surface area contributed by atoms with Crippen LogP contribution in [0.4, 0.5) is 0 Å². The van der Waals surface area contributed by atoms with Crippen molar-refractivity contribution in [2.45, 2.75) is 39.2 Å². The minimum Gasteiger partial charge on any atom is -0.337 e. The lowest BCUT2D eigenvalue weighted by Gasteiger charge is -2.30. The standard InChI is InChI=1S/C16H24N2O/c1-3-18(12-14-9-6-7-11-17-14)16(19)15-10-5-4-8-13(15)2/h4-5,8,10,14,17H,3,6-7,9,11-12H2,1-2H3. The molecule has 1 saturated heterocycles. The molecule has 1 amide bonds. The van der Waals surface area contributed by atoms with Gasteiger partial charge in [0.25, 0.3) is 5.91 Å². The van der Waals surface area contributed by atoms with Crippen LogP contribution in [0.5, 0.6) is 0 Å². The molecule has 1 unspecified atom stereocenters. The molecule has 0 aliphatic carbocycles. The van der Waals surface area contributed by atoms with Gasteiger partial charge in [-0.15, -0.1) is 0 Å². The third-order valence-electron chi connectivity index (χ3n) is 3.90. The molecule has 3 heteroatoms. The van der Waals surface area contributed by atoms with Gasteiger partial charge >= 0.3 is 0 Å². The smallest absolute Gasteiger partial charge is 0.254 e. The van der Waals surface area contributed by atoms with Crippen LogP contribution in [0, 0.1) is 6.92 Å². The number of benzene rings is 1. The molecule has 0 bridgehead atoms. The van der Waals surface area contributed by atoms with Crippen molar-refractivity contribution in [1.82, 2.24) is 10.2 Å². The lowest BCUT2D eigenvalue weighted by atomic mass is 10.0. The average molecular weight is 260 g/mol. The average Bonchev–Trinajstić information content (AvgIpc) is 2.46. The van der Waals surface area contributed by atoms with Crippen molar-refractivity contribution in [1.29, 1.82) is 0 Å². The summed E-state index contributed by atoms with van der Waals surface area (Å²) in [7, 11) is 0. The topological polar surface area (TPSA) is 32.3 Å². The number of hydrogen-bond donors (Lipinski definition) is 1. The van der Waals surface area contributed by atoms with Crippen LogP contribution in [-0.2, 0) is 0 Å². The largest absolute Gasteiger partial charge is 0.337 e. The van der Waals surface area contributed by atoms with Crippen LogP contribution in [0.15, 0.2) is 24.3 Å². The van der Waals surface area contributed by atoms with E-state index in [-0.39, 0.29) is 5.91 Å². The molecule has 0 saturated carbocycles. The first-order valence-electron chi connectivity index (χ1n) is 7.30. The van der Waals surface area contributed by atoms with Gasteiger partial charge in [0.2, 0.25) is 0 Å². The maximum absolute atomic E-state index is 12.6. The molecule has 1 aromatic carbocycles. The molecule has 104 valence electrons. The number of nitrogens with zero attached hydrogens (tertiary/aromatic N) is 1. The summed E-state index contributed by atoms with van der Waals surface area (Å²) in [6, 6.07) is 8.30. The molecule has 1 heterocycles. The van der Waals surface area contributed by atoms with E-state index in [4.69, 9.17) is 0 Å². The Bertz CT molecular complexity index is 425. The van der Waals surface area contributed by atoms with Crippen LogP contribution >= 0.6 is 0 Å². The fourth-order valence-corrected chi connectivity index (χ4v) is 2.68. The number of amides is 1. The second-order valence-corrected chi connectivity index (χ2v) is 5.31. The quantitative estimate of drug-likeness (QED) is 0.902. The Morgan fingerprint density at radius 1 is 1.37 bits per heavy atom. The fraction of sp³-hybridized carbons (Fsp3) is 0.562. The van der Waals surface area contributed by atoms with Crippen molar-refractivity contribution >= 4 is 5.91 Å². The molecule has 1 atom stereocenters. The Labute approximate surface area is 116 Å². The minimum atomic E-state index is 0.160. The third kappa shape index (κ3) is 3.57. The molecule has 1 fully saturated rings. The summed E-state index contributed by atoms with van der Waals surface area (Å²) in [4.78, 5) is 14.5. The molecule has 0 spiro atoms. The Morgan fingerprint density at radius 3 is 2.79 bits per heavy atom. The summed E-state index contributed by atoms with van der Waals surface area (Å²) in [5.41, 5.74) is 1.89. The predicted molar refractivity (Wildman–Crippen MR) is 78.4 cm³/mol. The maximum atomic E-state index is 12.6. The monoisotopic (exact) mass is 260 g/mol. The zero-order valence-corrected chi connectivity index (χ0v) is 12.0. The summed E-state index contributed by atoms with van der Waals surface area (Å²) >= 11 is 0. The van der Waals surface area contributed by atoms with Gasteiger partial charge in [0, 0.05) is 24.7 Å². The van der Waals surface area contributed by atoms with Crippen molar-refractivity contribution in [3.05, 3.63) is 35.4 Å². The summed E-state index contributed by atoms with van der Waals surface area (Å²) in [6.45, 7) is 6.73. The van der Waals surface area contributed by atoms with Gasteiger partial charge in [-0.1, -0.05) is 24.6 Å². The van der Waals surface area contributed by atoms with Gasteiger partial charge in [0.05, 0.1) is 0 Å². The van der Waals surface area contributed by atoms with E-state index in [1.807, 2.05) is 36.1 Å². The highest BCUT2D eigenvalue weighted by atomic mass is 16.2. The molecule has 19 heavy (non-hydrogen) atoms. The van der Waals surface area contributed by atoms with E-state index in [0.717, 1.165) is 30.8 Å². The minimum absolute atomic E-state index is 0.160. The highest BCUT2D eigenvalue weighted by molar-refractivity contribution is 5.95. The number of likely N-dealkylation sites (N-methyl/N-ethyl adjacent to an activating group) is 1. The van der Waals surface area contributed by atoms with Gasteiger partial charge in [0.1, 0.15) is 0 Å². The Morgan fingerprint density at radius 2 is 2.16 bits per heavy atom. The van der Waals surface area contributed by atoms with E-state index in [2.05, 4.69) is 12.2 Å². The first-order chi connectivity index (χ1) is 9.22. The van der Waals surface area contributed by atoms with Crippen LogP contribution in [0.25, 0.3) is 0 Å². The Kier molecular flexibility index (Phi) is 4.97. The van der Waals surface area contributed by atoms with E-state index in [9.17, 15) is 4.79 Å². The molecule has 3 nitrogen and oxygen atoms in total. The summed E-state index contributed by atoms with van der Waals surface area (Å²) in [5, 5.41) is 3.51. The summed E-state index contributed by atoms with van der Waals surface area (Å²) in [5.74, 6) is 0.160. The Hall–Kier alpha value is -1.35. The summed E-state index contributed by atoms with van der Waals surface area (Å²) in [6.07, 6.45) is 3.71. The lowest BCUT2D eigenvalue weighted by molar-refractivity contribution is 0.0741. The predicted octanol–water partition coefficient (Wildman–Crippen LogP) is 2.60. The van der Waals surface area contributed by atoms with Crippen LogP contribution < -0.4 is 5.32 Å². The molecule has 1 aliphatic rings. The van der Waals surface area contributed by atoms with Crippen molar-refractivity contribution in [2.75, 3.05) is 19.6 Å². The van der Waals surface area contributed by atoms with Crippen molar-refractivity contribution in [2.24, 2.45) is 0 Å². The number of carbonyl (C=O) groups is 1. The van der Waals surface area contributed by atoms with Gasteiger partial charge in [-0.05, 0) is 44.9 Å². The zero-order valence-electron chi connectivity index (χ0n) is 12.0. The van der Waals surface area contributed by atoms with E-state index >= 15 is 0 Å². The number of rotatable bonds is 4. The maximum Gasteiger partial charge on any atom is 0.254 e. The third-order valence-corrected chi connectivity index (χ3v) is 3.90. The van der Waals surface area contributed by atoms with Crippen LogP contribution in [-0.4, -0.2) is 36.5 Å². The highest BCUT2D eigenvalue weighted by Crippen LogP contribution is 2.13. The van der Waals surface area contributed by atoms with Gasteiger partial charge in [-0.25, -0.2) is 0 Å². The first-order valence-corrected chi connectivity index (χ1v) is 7.30.